The number of halogens is 3. The Hall–Kier alpha value is -1.46. The predicted octanol–water partition coefficient (Wildman–Crippen LogP) is 2.12. The van der Waals surface area contributed by atoms with Crippen LogP contribution in [-0.4, -0.2) is 11.3 Å². The van der Waals surface area contributed by atoms with E-state index in [-0.39, 0.29) is 0 Å². The molecule has 1 rings (SSSR count). The molecule has 1 heterocycles. The highest BCUT2D eigenvalue weighted by atomic mass is 19.4. The van der Waals surface area contributed by atoms with Crippen LogP contribution in [0.25, 0.3) is 0 Å². The summed E-state index contributed by atoms with van der Waals surface area (Å²) < 4.78 is 37.9. The molecule has 0 aliphatic carbocycles. The van der Waals surface area contributed by atoms with Crippen LogP contribution in [0, 0.1) is 0 Å². The lowest BCUT2D eigenvalue weighted by atomic mass is 10.4. The summed E-state index contributed by atoms with van der Waals surface area (Å²) in [5.41, 5.74) is 0. The minimum Gasteiger partial charge on any atom is -0.388 e. The molecule has 0 saturated heterocycles. The minimum atomic E-state index is -4.77. The van der Waals surface area contributed by atoms with Gasteiger partial charge >= 0.3 is 6.36 Å². The van der Waals surface area contributed by atoms with Gasteiger partial charge in [0.1, 0.15) is 0 Å². The van der Waals surface area contributed by atoms with Gasteiger partial charge in [0.15, 0.2) is 5.75 Å². The monoisotopic (exact) mass is 178 g/mol. The molecule has 0 aliphatic rings. The summed E-state index contributed by atoms with van der Waals surface area (Å²) in [6.07, 6.45) is -4.02. The Morgan fingerprint density at radius 1 is 1.33 bits per heavy atom. The Kier molecular flexibility index (Phi) is 2.07. The second kappa shape index (κ2) is 2.88. The molecule has 0 saturated carbocycles. The van der Waals surface area contributed by atoms with Crippen LogP contribution in [0.4, 0.5) is 13.2 Å². The van der Waals surface area contributed by atoms with Crippen molar-refractivity contribution in [2.75, 3.05) is 0 Å². The number of aromatic nitrogens is 1. The maximum absolute atomic E-state index is 11.5. The number of rotatable bonds is 1. The van der Waals surface area contributed by atoms with Crippen LogP contribution in [-0.2, 0) is 5.11 Å². The van der Waals surface area contributed by atoms with Crippen molar-refractivity contribution in [2.24, 2.45) is 0 Å². The van der Waals surface area contributed by atoms with Crippen LogP contribution in [0.15, 0.2) is 18.3 Å². The molecule has 0 unspecified atom stereocenters. The molecule has 0 fully saturated rings. The SMILES string of the molecule is [O]c1ccc(OC(F)(F)F)nc1. The molecule has 0 atom stereocenters. The lowest BCUT2D eigenvalue weighted by molar-refractivity contribution is -0.276. The van der Waals surface area contributed by atoms with Crippen LogP contribution in [0.2, 0.25) is 0 Å². The molecule has 0 bridgehead atoms. The molecule has 0 N–H and O–H groups in total. The van der Waals surface area contributed by atoms with E-state index < -0.39 is 18.0 Å². The van der Waals surface area contributed by atoms with E-state index in [4.69, 9.17) is 0 Å². The fourth-order valence-electron chi connectivity index (χ4n) is 0.546. The van der Waals surface area contributed by atoms with Gasteiger partial charge in [-0.2, -0.15) is 0 Å². The van der Waals surface area contributed by atoms with Crippen LogP contribution in [0.3, 0.4) is 0 Å². The van der Waals surface area contributed by atoms with Crippen molar-refractivity contribution in [3.63, 3.8) is 0 Å². The zero-order valence-electron chi connectivity index (χ0n) is 5.63. The molecule has 0 amide bonds. The van der Waals surface area contributed by atoms with Gasteiger partial charge in [-0.1, -0.05) is 0 Å². The molecule has 1 radical (unpaired) electrons. The third-order valence-electron chi connectivity index (χ3n) is 0.930. The largest absolute Gasteiger partial charge is 0.574 e. The van der Waals surface area contributed by atoms with Gasteiger partial charge < -0.3 is 4.74 Å². The molecule has 0 spiro atoms. The maximum Gasteiger partial charge on any atom is 0.574 e. The van der Waals surface area contributed by atoms with Crippen molar-refractivity contribution >= 4 is 0 Å². The summed E-state index contributed by atoms with van der Waals surface area (Å²) in [7, 11) is 0. The van der Waals surface area contributed by atoms with Gasteiger partial charge in [0, 0.05) is 6.07 Å². The van der Waals surface area contributed by atoms with Crippen LogP contribution >= 0.6 is 0 Å². The first-order valence-corrected chi connectivity index (χ1v) is 2.86. The van der Waals surface area contributed by atoms with Crippen LogP contribution < -0.4 is 4.74 Å². The molecule has 0 aliphatic heterocycles. The highest BCUT2D eigenvalue weighted by molar-refractivity contribution is 5.20. The molecular weight excluding hydrogens is 175 g/mol. The fraction of sp³-hybridized carbons (Fsp3) is 0.167. The predicted molar refractivity (Wildman–Crippen MR) is 31.1 cm³/mol. The van der Waals surface area contributed by atoms with Crippen molar-refractivity contribution in [3.8, 4) is 11.6 Å². The number of nitrogens with zero attached hydrogens (tertiary/aromatic N) is 1. The summed E-state index contributed by atoms with van der Waals surface area (Å²) in [5, 5.41) is 10.4. The normalized spacial score (nSPS) is 11.2. The molecule has 3 nitrogen and oxygen atoms in total. The third-order valence-corrected chi connectivity index (χ3v) is 0.930. The molecule has 65 valence electrons. The zero-order chi connectivity index (χ0) is 9.19. The van der Waals surface area contributed by atoms with E-state index in [0.717, 1.165) is 18.3 Å². The first kappa shape index (κ1) is 8.63. The summed E-state index contributed by atoms with van der Waals surface area (Å²) in [5.74, 6) is -1.10. The number of ether oxygens (including phenoxy) is 1. The van der Waals surface area contributed by atoms with E-state index in [0.29, 0.717) is 0 Å². The average Bonchev–Trinajstić information content (AvgIpc) is 1.91. The van der Waals surface area contributed by atoms with E-state index in [2.05, 4.69) is 9.72 Å². The van der Waals surface area contributed by atoms with Crippen molar-refractivity contribution in [1.82, 2.24) is 4.98 Å². The van der Waals surface area contributed by atoms with Gasteiger partial charge in [-0.25, -0.2) is 4.98 Å². The molecule has 6 heteroatoms. The van der Waals surface area contributed by atoms with E-state index in [9.17, 15) is 18.3 Å². The Bertz CT molecular complexity index is 256. The van der Waals surface area contributed by atoms with Gasteiger partial charge in [0.25, 0.3) is 0 Å². The van der Waals surface area contributed by atoms with Crippen molar-refractivity contribution in [1.29, 1.82) is 0 Å². The minimum absolute atomic E-state index is 0.468. The second-order valence-corrected chi connectivity index (χ2v) is 1.88. The quantitative estimate of drug-likeness (QED) is 0.660. The van der Waals surface area contributed by atoms with Crippen molar-refractivity contribution < 1.29 is 23.0 Å². The van der Waals surface area contributed by atoms with E-state index >= 15 is 0 Å². The summed E-state index contributed by atoms with van der Waals surface area (Å²) >= 11 is 0. The van der Waals surface area contributed by atoms with Gasteiger partial charge in [-0.05, 0) is 6.07 Å². The van der Waals surface area contributed by atoms with Gasteiger partial charge in [0.05, 0.1) is 6.20 Å². The third kappa shape index (κ3) is 2.65. The highest BCUT2D eigenvalue weighted by Crippen LogP contribution is 2.21. The lowest BCUT2D eigenvalue weighted by Gasteiger charge is -2.06. The van der Waals surface area contributed by atoms with E-state index in [1.807, 2.05) is 0 Å². The summed E-state index contributed by atoms with van der Waals surface area (Å²) in [4.78, 5) is 3.11. The standard InChI is InChI=1S/C6H3F3NO2/c7-6(8,9)12-5-2-1-4(11)3-10-5/h1-3H. The van der Waals surface area contributed by atoms with Crippen molar-refractivity contribution in [3.05, 3.63) is 18.3 Å². The van der Waals surface area contributed by atoms with Gasteiger partial charge in [-0.3, -0.25) is 5.11 Å². The lowest BCUT2D eigenvalue weighted by Crippen LogP contribution is -2.17. The van der Waals surface area contributed by atoms with Crippen LogP contribution in [0.1, 0.15) is 0 Å². The molecule has 12 heavy (non-hydrogen) atoms. The first-order chi connectivity index (χ1) is 5.47. The highest BCUT2D eigenvalue weighted by Gasteiger charge is 2.31. The van der Waals surface area contributed by atoms with Gasteiger partial charge in [-0.15, -0.1) is 13.2 Å². The number of hydrogen-bond donors (Lipinski definition) is 0. The summed E-state index contributed by atoms with van der Waals surface area (Å²) in [6.45, 7) is 0. The average molecular weight is 178 g/mol. The summed E-state index contributed by atoms with van der Waals surface area (Å²) in [6, 6.07) is 1.80. The number of pyridine rings is 1. The Balaban J connectivity index is 2.71. The maximum atomic E-state index is 11.5. The zero-order valence-corrected chi connectivity index (χ0v) is 5.63. The fourth-order valence-corrected chi connectivity index (χ4v) is 0.546. The second-order valence-electron chi connectivity index (χ2n) is 1.88. The topological polar surface area (TPSA) is 42.0 Å². The van der Waals surface area contributed by atoms with Gasteiger partial charge in [0.2, 0.25) is 5.88 Å². The Labute approximate surface area is 65.4 Å². The number of hydrogen-bond acceptors (Lipinski definition) is 2. The molecular formula is C6H3F3NO2. The van der Waals surface area contributed by atoms with E-state index in [1.54, 1.807) is 0 Å². The van der Waals surface area contributed by atoms with Crippen LogP contribution in [0.5, 0.6) is 11.6 Å². The molecule has 1 aromatic heterocycles. The first-order valence-electron chi connectivity index (χ1n) is 2.86. The number of alkyl halides is 3. The van der Waals surface area contributed by atoms with E-state index in [1.165, 1.54) is 0 Å². The molecule has 1 aromatic rings. The smallest absolute Gasteiger partial charge is 0.388 e. The Morgan fingerprint density at radius 3 is 2.42 bits per heavy atom. The Morgan fingerprint density at radius 2 is 2.00 bits per heavy atom. The van der Waals surface area contributed by atoms with Crippen molar-refractivity contribution in [2.45, 2.75) is 6.36 Å². The molecule has 0 aromatic carbocycles.